The number of rotatable bonds is 6. The van der Waals surface area contributed by atoms with Gasteiger partial charge in [0.25, 0.3) is 17.4 Å². The predicted molar refractivity (Wildman–Crippen MR) is 101 cm³/mol. The number of amides is 2. The molecule has 2 rings (SSSR count). The van der Waals surface area contributed by atoms with E-state index in [0.717, 1.165) is 12.8 Å². The topological polar surface area (TPSA) is 84.3 Å². The van der Waals surface area contributed by atoms with E-state index < -0.39 is 5.91 Å². The lowest BCUT2D eigenvalue weighted by Gasteiger charge is -2.13. The van der Waals surface area contributed by atoms with Gasteiger partial charge >= 0.3 is 0 Å². The molecule has 1 aromatic heterocycles. The number of halogens is 1. The number of nitrogens with zero attached hydrogens (tertiary/aromatic N) is 3. The Balaban J connectivity index is 2.18. The van der Waals surface area contributed by atoms with Crippen molar-refractivity contribution in [2.24, 2.45) is 0 Å². The summed E-state index contributed by atoms with van der Waals surface area (Å²) in [5, 5.41) is 7.00. The zero-order chi connectivity index (χ0) is 19.3. The minimum atomic E-state index is -0.460. The van der Waals surface area contributed by atoms with Crippen LogP contribution >= 0.6 is 11.6 Å². The fourth-order valence-corrected chi connectivity index (χ4v) is 2.50. The van der Waals surface area contributed by atoms with Gasteiger partial charge < -0.3 is 10.2 Å². The highest BCUT2D eigenvalue weighted by molar-refractivity contribution is 6.34. The molecule has 0 saturated carbocycles. The van der Waals surface area contributed by atoms with Crippen LogP contribution in [0, 0.1) is 0 Å². The molecule has 2 aromatic rings. The minimum absolute atomic E-state index is 0.130. The Bertz CT molecular complexity index is 877. The smallest absolute Gasteiger partial charge is 0.276 e. The number of carbonyl (C=O) groups is 2. The second-order valence-electron chi connectivity index (χ2n) is 5.98. The molecule has 0 fully saturated rings. The summed E-state index contributed by atoms with van der Waals surface area (Å²) in [4.78, 5) is 37.6. The Labute approximate surface area is 156 Å². The first kappa shape index (κ1) is 19.7. The number of nitrogens with one attached hydrogen (secondary N) is 1. The molecule has 0 spiro atoms. The molecule has 0 radical (unpaired) electrons. The molecular weight excluding hydrogens is 356 g/mol. The molecule has 8 heteroatoms. The Morgan fingerprint density at radius 3 is 2.58 bits per heavy atom. The molecule has 0 aliphatic carbocycles. The van der Waals surface area contributed by atoms with Crippen molar-refractivity contribution in [1.29, 1.82) is 0 Å². The van der Waals surface area contributed by atoms with E-state index in [-0.39, 0.29) is 22.2 Å². The van der Waals surface area contributed by atoms with Gasteiger partial charge in [-0.2, -0.15) is 5.10 Å². The number of hydrogen-bond donors (Lipinski definition) is 1. The number of anilines is 1. The molecule has 0 atom stereocenters. The van der Waals surface area contributed by atoms with Crippen LogP contribution in [0.3, 0.4) is 0 Å². The number of hydrogen-bond acceptors (Lipinski definition) is 4. The fraction of sp³-hybridized carbons (Fsp3) is 0.333. The van der Waals surface area contributed by atoms with Crippen LogP contribution in [0.2, 0.25) is 5.02 Å². The molecule has 138 valence electrons. The highest BCUT2D eigenvalue weighted by Gasteiger charge is 2.15. The van der Waals surface area contributed by atoms with E-state index in [2.05, 4.69) is 10.4 Å². The van der Waals surface area contributed by atoms with E-state index in [1.165, 1.54) is 27.8 Å². The summed E-state index contributed by atoms with van der Waals surface area (Å²) in [6.45, 7) is 2.47. The molecule has 1 aromatic carbocycles. The first-order valence-corrected chi connectivity index (χ1v) is 8.62. The van der Waals surface area contributed by atoms with Crippen molar-refractivity contribution in [1.82, 2.24) is 14.7 Å². The molecule has 1 heterocycles. The number of aryl methyl sites for hydroxylation is 1. The van der Waals surface area contributed by atoms with E-state index in [4.69, 9.17) is 11.6 Å². The lowest BCUT2D eigenvalue weighted by Crippen LogP contribution is -2.26. The van der Waals surface area contributed by atoms with Gasteiger partial charge in [-0.05, 0) is 30.7 Å². The second kappa shape index (κ2) is 8.62. The molecule has 7 nitrogen and oxygen atoms in total. The van der Waals surface area contributed by atoms with Gasteiger partial charge in [0.15, 0.2) is 0 Å². The van der Waals surface area contributed by atoms with Crippen LogP contribution in [0.15, 0.2) is 35.1 Å². The average Bonchev–Trinajstić information content (AvgIpc) is 2.60. The third kappa shape index (κ3) is 4.70. The van der Waals surface area contributed by atoms with Gasteiger partial charge in [0, 0.05) is 32.4 Å². The third-order valence-corrected chi connectivity index (χ3v) is 4.00. The highest BCUT2D eigenvalue weighted by Crippen LogP contribution is 2.22. The summed E-state index contributed by atoms with van der Waals surface area (Å²) in [6.07, 6.45) is 1.72. The minimum Gasteiger partial charge on any atom is -0.345 e. The zero-order valence-corrected chi connectivity index (χ0v) is 15.7. The molecule has 26 heavy (non-hydrogen) atoms. The molecule has 0 saturated heterocycles. The second-order valence-corrected chi connectivity index (χ2v) is 6.39. The van der Waals surface area contributed by atoms with Gasteiger partial charge in [0.2, 0.25) is 0 Å². The number of carbonyl (C=O) groups excluding carboxylic acids is 2. The first-order chi connectivity index (χ1) is 12.3. The zero-order valence-electron chi connectivity index (χ0n) is 15.0. The average molecular weight is 377 g/mol. The van der Waals surface area contributed by atoms with Gasteiger partial charge in [0.1, 0.15) is 5.69 Å². The molecule has 0 bridgehead atoms. The maximum Gasteiger partial charge on any atom is 0.276 e. The van der Waals surface area contributed by atoms with E-state index in [1.807, 2.05) is 6.92 Å². The van der Waals surface area contributed by atoms with Crippen LogP contribution in [-0.4, -0.2) is 40.6 Å². The number of aromatic nitrogens is 2. The van der Waals surface area contributed by atoms with E-state index in [9.17, 15) is 14.4 Å². The van der Waals surface area contributed by atoms with Crippen LogP contribution in [0.4, 0.5) is 5.69 Å². The van der Waals surface area contributed by atoms with Crippen molar-refractivity contribution in [3.05, 3.63) is 57.0 Å². The predicted octanol–water partition coefficient (Wildman–Crippen LogP) is 2.65. The Kier molecular flexibility index (Phi) is 6.52. The first-order valence-electron chi connectivity index (χ1n) is 8.24. The van der Waals surface area contributed by atoms with Crippen molar-refractivity contribution < 1.29 is 9.59 Å². The quantitative estimate of drug-likeness (QED) is 0.839. The van der Waals surface area contributed by atoms with Gasteiger partial charge in [-0.15, -0.1) is 0 Å². The third-order valence-electron chi connectivity index (χ3n) is 3.69. The summed E-state index contributed by atoms with van der Waals surface area (Å²) in [7, 11) is 3.26. The van der Waals surface area contributed by atoms with Crippen molar-refractivity contribution in [2.45, 2.75) is 26.3 Å². The lowest BCUT2D eigenvalue weighted by atomic mass is 10.2. The van der Waals surface area contributed by atoms with Gasteiger partial charge in [-0.25, -0.2) is 4.68 Å². The molecule has 2 amide bonds. The number of benzene rings is 1. The van der Waals surface area contributed by atoms with E-state index in [1.54, 1.807) is 26.2 Å². The Morgan fingerprint density at radius 2 is 1.96 bits per heavy atom. The van der Waals surface area contributed by atoms with Crippen molar-refractivity contribution >= 4 is 29.1 Å². The van der Waals surface area contributed by atoms with E-state index in [0.29, 0.717) is 17.8 Å². The highest BCUT2D eigenvalue weighted by atomic mass is 35.5. The Hall–Kier alpha value is -2.67. The molecule has 0 unspecified atom stereocenters. The monoisotopic (exact) mass is 376 g/mol. The molecule has 0 aliphatic rings. The van der Waals surface area contributed by atoms with Crippen LogP contribution < -0.4 is 10.9 Å². The fourth-order valence-electron chi connectivity index (χ4n) is 2.24. The standard InChI is InChI=1S/C18H21ClN4O3/c1-4-5-10-23-16(24)9-8-15(21-23)17(25)20-12-6-7-13(14(19)11-12)18(26)22(2)3/h6-9,11H,4-5,10H2,1-3H3,(H,20,25). The van der Waals surface area contributed by atoms with Crippen LogP contribution in [-0.2, 0) is 6.54 Å². The largest absolute Gasteiger partial charge is 0.345 e. The van der Waals surface area contributed by atoms with Gasteiger partial charge in [0.05, 0.1) is 10.6 Å². The molecule has 1 N–H and O–H groups in total. The van der Waals surface area contributed by atoms with Crippen LogP contribution in [0.1, 0.15) is 40.6 Å². The molecular formula is C18H21ClN4O3. The number of unbranched alkanes of at least 4 members (excludes halogenated alkanes) is 1. The summed E-state index contributed by atoms with van der Waals surface area (Å²) in [6, 6.07) is 7.35. The summed E-state index contributed by atoms with van der Waals surface area (Å²) in [5.41, 5.74) is 0.666. The summed E-state index contributed by atoms with van der Waals surface area (Å²) < 4.78 is 1.28. The van der Waals surface area contributed by atoms with Crippen LogP contribution in [0.5, 0.6) is 0 Å². The van der Waals surface area contributed by atoms with E-state index >= 15 is 0 Å². The van der Waals surface area contributed by atoms with Crippen molar-refractivity contribution in [2.75, 3.05) is 19.4 Å². The van der Waals surface area contributed by atoms with Crippen molar-refractivity contribution in [3.8, 4) is 0 Å². The lowest BCUT2D eigenvalue weighted by molar-refractivity contribution is 0.0827. The maximum absolute atomic E-state index is 12.4. The normalized spacial score (nSPS) is 10.5. The summed E-state index contributed by atoms with van der Waals surface area (Å²) in [5.74, 6) is -0.685. The SMILES string of the molecule is CCCCn1nc(C(=O)Nc2ccc(C(=O)N(C)C)c(Cl)c2)ccc1=O. The maximum atomic E-state index is 12.4. The molecule has 0 aliphatic heterocycles. The van der Waals surface area contributed by atoms with Crippen LogP contribution in [0.25, 0.3) is 0 Å². The van der Waals surface area contributed by atoms with Crippen molar-refractivity contribution in [3.63, 3.8) is 0 Å². The van der Waals surface area contributed by atoms with Gasteiger partial charge in [-0.3, -0.25) is 14.4 Å². The Morgan fingerprint density at radius 1 is 1.23 bits per heavy atom. The van der Waals surface area contributed by atoms with Gasteiger partial charge in [-0.1, -0.05) is 24.9 Å². The summed E-state index contributed by atoms with van der Waals surface area (Å²) >= 11 is 6.14.